The van der Waals surface area contributed by atoms with Gasteiger partial charge in [0.2, 0.25) is 0 Å². The first-order valence-electron chi connectivity index (χ1n) is 3.95. The van der Waals surface area contributed by atoms with E-state index in [0.717, 1.165) is 0 Å². The van der Waals surface area contributed by atoms with Gasteiger partial charge in [0.05, 0.1) is 6.61 Å². The minimum absolute atomic E-state index is 0.120. The van der Waals surface area contributed by atoms with Crippen LogP contribution in [0.15, 0.2) is 0 Å². The van der Waals surface area contributed by atoms with Crippen LogP contribution in [0.4, 0.5) is 13.2 Å². The van der Waals surface area contributed by atoms with Gasteiger partial charge in [0, 0.05) is 13.1 Å². The molecule has 6 heteroatoms. The molecule has 0 heterocycles. The third-order valence-corrected chi connectivity index (χ3v) is 2.45. The normalized spacial score (nSPS) is 15.0. The molecule has 0 aliphatic heterocycles. The minimum Gasteiger partial charge on any atom is -0.395 e. The Hall–Kier alpha value is 0.190. The van der Waals surface area contributed by atoms with E-state index in [1.54, 1.807) is 6.92 Å². The van der Waals surface area contributed by atoms with E-state index < -0.39 is 11.0 Å². The summed E-state index contributed by atoms with van der Waals surface area (Å²) in [5.41, 5.74) is 0. The lowest BCUT2D eigenvalue weighted by atomic mass is 10.3. The highest BCUT2D eigenvalue weighted by Crippen LogP contribution is 2.26. The first-order chi connectivity index (χ1) is 5.91. The maximum absolute atomic E-state index is 12.1. The van der Waals surface area contributed by atoms with Gasteiger partial charge in [-0.3, -0.25) is 4.90 Å². The highest BCUT2D eigenvalue weighted by molar-refractivity contribution is 9.09. The maximum atomic E-state index is 12.1. The van der Waals surface area contributed by atoms with Crippen LogP contribution in [0.2, 0.25) is 0 Å². The third-order valence-electron chi connectivity index (χ3n) is 1.64. The van der Waals surface area contributed by atoms with E-state index in [0.29, 0.717) is 6.54 Å². The van der Waals surface area contributed by atoms with Gasteiger partial charge in [-0.15, -0.1) is 0 Å². The smallest absolute Gasteiger partial charge is 0.395 e. The predicted molar refractivity (Wildman–Crippen MR) is 48.0 cm³/mol. The van der Waals surface area contributed by atoms with Gasteiger partial charge in [-0.25, -0.2) is 0 Å². The van der Waals surface area contributed by atoms with E-state index in [4.69, 9.17) is 5.11 Å². The summed E-state index contributed by atoms with van der Waals surface area (Å²) in [6.07, 6.45) is -4.22. The molecule has 13 heavy (non-hydrogen) atoms. The first-order valence-corrected chi connectivity index (χ1v) is 4.87. The Kier molecular flexibility index (Phi) is 5.91. The fraction of sp³-hybridized carbons (Fsp3) is 1.00. The van der Waals surface area contributed by atoms with Gasteiger partial charge in [-0.2, -0.15) is 13.2 Å². The molecule has 1 unspecified atom stereocenters. The summed E-state index contributed by atoms with van der Waals surface area (Å²) in [7, 11) is 0. The number of rotatable bonds is 5. The number of halogens is 4. The molecule has 0 aromatic rings. The van der Waals surface area contributed by atoms with Crippen LogP contribution in [-0.2, 0) is 0 Å². The number of hydrogen-bond acceptors (Lipinski definition) is 2. The van der Waals surface area contributed by atoms with Gasteiger partial charge in [0.25, 0.3) is 0 Å². The Balaban J connectivity index is 3.93. The Morgan fingerprint density at radius 3 is 2.31 bits per heavy atom. The van der Waals surface area contributed by atoms with Crippen LogP contribution in [0, 0.1) is 0 Å². The lowest BCUT2D eigenvalue weighted by molar-refractivity contribution is -0.130. The summed E-state index contributed by atoms with van der Waals surface area (Å²) in [4.78, 5) is 0.0129. The molecule has 0 saturated carbocycles. The number of nitrogens with zero attached hydrogens (tertiary/aromatic N) is 1. The van der Waals surface area contributed by atoms with Crippen LogP contribution >= 0.6 is 15.9 Å². The zero-order valence-corrected chi connectivity index (χ0v) is 8.90. The summed E-state index contributed by atoms with van der Waals surface area (Å²) in [6.45, 7) is 2.28. The molecule has 2 nitrogen and oxygen atoms in total. The Morgan fingerprint density at radius 2 is 2.00 bits per heavy atom. The standard InChI is InChI=1S/C7H13BrF3NO/c1-2-12(3-4-13)5-6(8)7(9,10)11/h6,13H,2-5H2,1H3. The molecule has 0 bridgehead atoms. The summed E-state index contributed by atoms with van der Waals surface area (Å²) in [5, 5.41) is 8.55. The van der Waals surface area contributed by atoms with E-state index >= 15 is 0 Å². The Bertz CT molecular complexity index is 142. The number of likely N-dealkylation sites (N-methyl/N-ethyl adjacent to an activating group) is 1. The van der Waals surface area contributed by atoms with Crippen molar-refractivity contribution in [2.45, 2.75) is 17.9 Å². The zero-order valence-electron chi connectivity index (χ0n) is 7.31. The molecule has 1 N–H and O–H groups in total. The molecule has 0 fully saturated rings. The molecule has 0 amide bonds. The molecule has 0 aliphatic rings. The fourth-order valence-electron chi connectivity index (χ4n) is 0.850. The quantitative estimate of drug-likeness (QED) is 0.763. The summed E-state index contributed by atoms with van der Waals surface area (Å²) >= 11 is 2.56. The van der Waals surface area contributed by atoms with Crippen LogP contribution in [0.25, 0.3) is 0 Å². The number of aliphatic hydroxyl groups is 1. The minimum atomic E-state index is -4.22. The summed E-state index contributed by atoms with van der Waals surface area (Å²) in [6, 6.07) is 0. The summed E-state index contributed by atoms with van der Waals surface area (Å²) < 4.78 is 36.2. The second-order valence-electron chi connectivity index (χ2n) is 2.63. The third kappa shape index (κ3) is 5.49. The van der Waals surface area contributed by atoms with E-state index in [1.165, 1.54) is 4.90 Å². The average Bonchev–Trinajstić information content (AvgIpc) is 2.01. The second kappa shape index (κ2) is 5.82. The van der Waals surface area contributed by atoms with Gasteiger partial charge < -0.3 is 5.11 Å². The topological polar surface area (TPSA) is 23.5 Å². The average molecular weight is 264 g/mol. The van der Waals surface area contributed by atoms with Gasteiger partial charge in [0.15, 0.2) is 0 Å². The predicted octanol–water partition coefficient (Wildman–Crippen LogP) is 1.63. The van der Waals surface area contributed by atoms with Crippen molar-refractivity contribution in [1.29, 1.82) is 0 Å². The van der Waals surface area contributed by atoms with Crippen LogP contribution < -0.4 is 0 Å². The highest BCUT2D eigenvalue weighted by Gasteiger charge is 2.38. The van der Waals surface area contributed by atoms with Crippen molar-refractivity contribution >= 4 is 15.9 Å². The van der Waals surface area contributed by atoms with Crippen LogP contribution in [0.5, 0.6) is 0 Å². The fourth-order valence-corrected chi connectivity index (χ4v) is 1.26. The monoisotopic (exact) mass is 263 g/mol. The second-order valence-corrected chi connectivity index (χ2v) is 3.73. The molecular formula is C7H13BrF3NO. The molecule has 0 aliphatic carbocycles. The summed E-state index contributed by atoms with van der Waals surface area (Å²) in [5.74, 6) is 0. The van der Waals surface area contributed by atoms with Crippen molar-refractivity contribution in [1.82, 2.24) is 4.90 Å². The molecule has 1 atom stereocenters. The van der Waals surface area contributed by atoms with E-state index in [-0.39, 0.29) is 19.7 Å². The molecule has 0 aromatic carbocycles. The van der Waals surface area contributed by atoms with Crippen LogP contribution in [0.1, 0.15) is 6.92 Å². The Morgan fingerprint density at radius 1 is 1.46 bits per heavy atom. The van der Waals surface area contributed by atoms with Gasteiger partial charge in [-0.05, 0) is 6.54 Å². The van der Waals surface area contributed by atoms with Crippen LogP contribution in [-0.4, -0.2) is 47.3 Å². The van der Waals surface area contributed by atoms with Crippen molar-refractivity contribution in [2.24, 2.45) is 0 Å². The number of hydrogen-bond donors (Lipinski definition) is 1. The van der Waals surface area contributed by atoms with E-state index in [1.807, 2.05) is 0 Å². The maximum Gasteiger partial charge on any atom is 0.402 e. The molecular weight excluding hydrogens is 251 g/mol. The highest BCUT2D eigenvalue weighted by atomic mass is 79.9. The lowest BCUT2D eigenvalue weighted by Crippen LogP contribution is -2.38. The van der Waals surface area contributed by atoms with Gasteiger partial charge in [0.1, 0.15) is 4.83 Å². The lowest BCUT2D eigenvalue weighted by Gasteiger charge is -2.23. The van der Waals surface area contributed by atoms with Crippen molar-refractivity contribution in [3.05, 3.63) is 0 Å². The van der Waals surface area contributed by atoms with Crippen molar-refractivity contribution in [2.75, 3.05) is 26.2 Å². The first kappa shape index (κ1) is 13.2. The zero-order chi connectivity index (χ0) is 10.5. The van der Waals surface area contributed by atoms with Crippen LogP contribution in [0.3, 0.4) is 0 Å². The molecule has 0 radical (unpaired) electrons. The number of alkyl halides is 4. The van der Waals surface area contributed by atoms with E-state index in [9.17, 15) is 13.2 Å². The number of aliphatic hydroxyl groups excluding tert-OH is 1. The van der Waals surface area contributed by atoms with Gasteiger partial charge >= 0.3 is 6.18 Å². The molecule has 0 rings (SSSR count). The van der Waals surface area contributed by atoms with Gasteiger partial charge in [-0.1, -0.05) is 22.9 Å². The van der Waals surface area contributed by atoms with Crippen molar-refractivity contribution < 1.29 is 18.3 Å². The van der Waals surface area contributed by atoms with Crippen molar-refractivity contribution in [3.8, 4) is 0 Å². The largest absolute Gasteiger partial charge is 0.402 e. The molecule has 80 valence electrons. The van der Waals surface area contributed by atoms with Crippen molar-refractivity contribution in [3.63, 3.8) is 0 Å². The molecule has 0 spiro atoms. The molecule has 0 aromatic heterocycles. The molecule has 0 saturated heterocycles. The SMILES string of the molecule is CCN(CCO)CC(Br)C(F)(F)F. The Labute approximate surface area is 83.8 Å². The van der Waals surface area contributed by atoms with E-state index in [2.05, 4.69) is 15.9 Å².